The Morgan fingerprint density at radius 1 is 0.727 bits per heavy atom. The van der Waals surface area contributed by atoms with Gasteiger partial charge in [-0.25, -0.2) is 0 Å². The smallest absolute Gasteiger partial charge is 0.0487 e. The molecule has 0 aromatic heterocycles. The summed E-state index contributed by atoms with van der Waals surface area (Å²) in [5.74, 6) is 0. The highest BCUT2D eigenvalue weighted by Gasteiger charge is 2.36. The second-order valence-electron chi connectivity index (χ2n) is 6.41. The average molecular weight is 305 g/mol. The fraction of sp³-hybridized carbons (Fsp3) is 0.143. The third-order valence-electron chi connectivity index (χ3n) is 4.76. The van der Waals surface area contributed by atoms with E-state index in [4.69, 9.17) is 11.6 Å². The van der Waals surface area contributed by atoms with E-state index in [1.807, 2.05) is 12.1 Å². The van der Waals surface area contributed by atoms with Crippen LogP contribution in [0.1, 0.15) is 25.0 Å². The maximum atomic E-state index is 6.48. The highest BCUT2D eigenvalue weighted by atomic mass is 35.5. The SMILES string of the molecule is CC1(C)c2cc(-c3ccccc3)ccc2-c2c(Cl)cccc21. The van der Waals surface area contributed by atoms with Crippen LogP contribution >= 0.6 is 11.6 Å². The van der Waals surface area contributed by atoms with Crippen molar-refractivity contribution in [2.24, 2.45) is 0 Å². The summed E-state index contributed by atoms with van der Waals surface area (Å²) in [5, 5.41) is 0.844. The van der Waals surface area contributed by atoms with Crippen LogP contribution in [0.5, 0.6) is 0 Å². The lowest BCUT2D eigenvalue weighted by Gasteiger charge is -2.22. The molecule has 0 nitrogen and oxygen atoms in total. The Morgan fingerprint density at radius 3 is 2.27 bits per heavy atom. The van der Waals surface area contributed by atoms with Crippen molar-refractivity contribution in [1.29, 1.82) is 0 Å². The largest absolute Gasteiger partial charge is 0.0837 e. The molecule has 108 valence electrons. The van der Waals surface area contributed by atoms with Crippen molar-refractivity contribution in [3.05, 3.63) is 82.9 Å². The normalized spacial score (nSPS) is 14.5. The Balaban J connectivity index is 1.97. The number of hydrogen-bond donors (Lipinski definition) is 0. The summed E-state index contributed by atoms with van der Waals surface area (Å²) in [6.45, 7) is 4.56. The highest BCUT2D eigenvalue weighted by molar-refractivity contribution is 6.33. The molecule has 1 aliphatic rings. The molecular formula is C21H17Cl. The predicted molar refractivity (Wildman–Crippen MR) is 94.5 cm³/mol. The first-order valence-electron chi connectivity index (χ1n) is 7.58. The van der Waals surface area contributed by atoms with Gasteiger partial charge in [0.25, 0.3) is 0 Å². The van der Waals surface area contributed by atoms with Gasteiger partial charge in [-0.2, -0.15) is 0 Å². The van der Waals surface area contributed by atoms with Crippen molar-refractivity contribution in [3.63, 3.8) is 0 Å². The van der Waals surface area contributed by atoms with Gasteiger partial charge < -0.3 is 0 Å². The molecule has 3 aromatic carbocycles. The topological polar surface area (TPSA) is 0 Å². The van der Waals surface area contributed by atoms with Gasteiger partial charge in [0.15, 0.2) is 0 Å². The van der Waals surface area contributed by atoms with Gasteiger partial charge in [-0.1, -0.05) is 80.0 Å². The van der Waals surface area contributed by atoms with E-state index >= 15 is 0 Å². The van der Waals surface area contributed by atoms with Gasteiger partial charge in [-0.05, 0) is 39.9 Å². The minimum atomic E-state index is -0.0135. The Hall–Kier alpha value is -2.05. The molecule has 22 heavy (non-hydrogen) atoms. The van der Waals surface area contributed by atoms with Gasteiger partial charge in [-0.15, -0.1) is 0 Å². The Kier molecular flexibility index (Phi) is 2.92. The van der Waals surface area contributed by atoms with E-state index in [0.717, 1.165) is 5.02 Å². The molecule has 0 unspecified atom stereocenters. The highest BCUT2D eigenvalue weighted by Crippen LogP contribution is 2.51. The van der Waals surface area contributed by atoms with Crippen LogP contribution in [0.3, 0.4) is 0 Å². The zero-order valence-electron chi connectivity index (χ0n) is 12.7. The first kappa shape index (κ1) is 13.6. The van der Waals surface area contributed by atoms with Crippen LogP contribution < -0.4 is 0 Å². The van der Waals surface area contributed by atoms with Crippen molar-refractivity contribution in [1.82, 2.24) is 0 Å². The molecule has 0 aliphatic heterocycles. The van der Waals surface area contributed by atoms with Crippen molar-refractivity contribution in [2.45, 2.75) is 19.3 Å². The lowest BCUT2D eigenvalue weighted by atomic mass is 9.81. The summed E-state index contributed by atoms with van der Waals surface area (Å²) in [5.41, 5.74) is 7.64. The number of hydrogen-bond acceptors (Lipinski definition) is 0. The van der Waals surface area contributed by atoms with Crippen LogP contribution in [0.15, 0.2) is 66.7 Å². The number of rotatable bonds is 1. The van der Waals surface area contributed by atoms with Crippen LogP contribution in [0.4, 0.5) is 0 Å². The summed E-state index contributed by atoms with van der Waals surface area (Å²) >= 11 is 6.48. The molecule has 0 N–H and O–H groups in total. The summed E-state index contributed by atoms with van der Waals surface area (Å²) in [4.78, 5) is 0. The predicted octanol–water partition coefficient (Wildman–Crippen LogP) is 6.31. The van der Waals surface area contributed by atoms with E-state index in [1.54, 1.807) is 0 Å². The van der Waals surface area contributed by atoms with Gasteiger partial charge in [0.1, 0.15) is 0 Å². The van der Waals surface area contributed by atoms with Crippen molar-refractivity contribution < 1.29 is 0 Å². The Morgan fingerprint density at radius 2 is 1.50 bits per heavy atom. The minimum absolute atomic E-state index is 0.0135. The van der Waals surface area contributed by atoms with Crippen LogP contribution in [-0.2, 0) is 5.41 Å². The minimum Gasteiger partial charge on any atom is -0.0837 e. The van der Waals surface area contributed by atoms with Gasteiger partial charge >= 0.3 is 0 Å². The van der Waals surface area contributed by atoms with E-state index in [1.165, 1.54) is 33.4 Å². The molecule has 0 saturated heterocycles. The molecule has 1 heteroatoms. The third kappa shape index (κ3) is 1.84. The quantitative estimate of drug-likeness (QED) is 0.494. The molecule has 0 fully saturated rings. The molecule has 0 heterocycles. The summed E-state index contributed by atoms with van der Waals surface area (Å²) in [6, 6.07) is 23.5. The van der Waals surface area contributed by atoms with E-state index in [0.29, 0.717) is 0 Å². The maximum absolute atomic E-state index is 6.48. The van der Waals surface area contributed by atoms with E-state index in [-0.39, 0.29) is 5.41 Å². The fourth-order valence-electron chi connectivity index (χ4n) is 3.55. The lowest BCUT2D eigenvalue weighted by molar-refractivity contribution is 0.660. The zero-order valence-corrected chi connectivity index (χ0v) is 13.5. The molecule has 4 rings (SSSR count). The Bertz CT molecular complexity index is 860. The van der Waals surface area contributed by atoms with Crippen LogP contribution in [0.2, 0.25) is 5.02 Å². The second-order valence-corrected chi connectivity index (χ2v) is 6.82. The number of halogens is 1. The monoisotopic (exact) mass is 304 g/mol. The second kappa shape index (κ2) is 4.72. The average Bonchev–Trinajstić information content (AvgIpc) is 2.77. The van der Waals surface area contributed by atoms with Crippen molar-refractivity contribution in [2.75, 3.05) is 0 Å². The van der Waals surface area contributed by atoms with Gasteiger partial charge in [-0.3, -0.25) is 0 Å². The number of benzene rings is 3. The summed E-state index contributed by atoms with van der Waals surface area (Å²) in [7, 11) is 0. The molecule has 0 atom stereocenters. The first-order valence-corrected chi connectivity index (χ1v) is 7.96. The molecular weight excluding hydrogens is 288 g/mol. The molecule has 0 amide bonds. The standard InChI is InChI=1S/C21H17Cl/c1-21(2)17-9-6-10-19(22)20(17)16-12-11-15(13-18(16)21)14-7-4-3-5-8-14/h3-13H,1-2H3. The first-order chi connectivity index (χ1) is 10.6. The summed E-state index contributed by atoms with van der Waals surface area (Å²) in [6.07, 6.45) is 0. The van der Waals surface area contributed by atoms with Crippen LogP contribution in [0.25, 0.3) is 22.3 Å². The Labute approximate surface area is 136 Å². The molecule has 0 bridgehead atoms. The van der Waals surface area contributed by atoms with E-state index in [9.17, 15) is 0 Å². The molecule has 0 saturated carbocycles. The van der Waals surface area contributed by atoms with Crippen LogP contribution in [0, 0.1) is 0 Å². The lowest BCUT2D eigenvalue weighted by Crippen LogP contribution is -2.14. The van der Waals surface area contributed by atoms with Gasteiger partial charge in [0.2, 0.25) is 0 Å². The number of fused-ring (bicyclic) bond motifs is 3. The molecule has 3 aromatic rings. The van der Waals surface area contributed by atoms with Gasteiger partial charge in [0.05, 0.1) is 0 Å². The maximum Gasteiger partial charge on any atom is 0.0487 e. The fourth-order valence-corrected chi connectivity index (χ4v) is 3.83. The van der Waals surface area contributed by atoms with Crippen LogP contribution in [-0.4, -0.2) is 0 Å². The van der Waals surface area contributed by atoms with Gasteiger partial charge in [0, 0.05) is 16.0 Å². The van der Waals surface area contributed by atoms with E-state index in [2.05, 4.69) is 68.4 Å². The third-order valence-corrected chi connectivity index (χ3v) is 5.07. The van der Waals surface area contributed by atoms with E-state index < -0.39 is 0 Å². The molecule has 0 spiro atoms. The zero-order chi connectivity index (χ0) is 15.3. The summed E-state index contributed by atoms with van der Waals surface area (Å²) < 4.78 is 0. The van der Waals surface area contributed by atoms with Crippen molar-refractivity contribution >= 4 is 11.6 Å². The molecule has 1 aliphatic carbocycles. The molecule has 0 radical (unpaired) electrons. The van der Waals surface area contributed by atoms with Crippen molar-refractivity contribution in [3.8, 4) is 22.3 Å².